The molecule has 3 aromatic rings. The lowest BCUT2D eigenvalue weighted by molar-refractivity contribution is 0.0728. The fourth-order valence-electron chi connectivity index (χ4n) is 4.07. The Morgan fingerprint density at radius 3 is 2.82 bits per heavy atom. The molecule has 0 radical (unpaired) electrons. The van der Waals surface area contributed by atoms with Crippen LogP contribution in [0.3, 0.4) is 0 Å². The number of carbonyl (C=O) groups excluding carboxylic acids is 1. The third-order valence-corrected chi connectivity index (χ3v) is 6.00. The van der Waals surface area contributed by atoms with E-state index in [1.54, 1.807) is 4.52 Å². The van der Waals surface area contributed by atoms with Crippen LogP contribution in [-0.2, 0) is 17.7 Å². The predicted octanol–water partition coefficient (Wildman–Crippen LogP) is 3.13. The standard InChI is InChI=1S/C21H21BrN4O2/c22-16-4-5-17-12-19(23-26(17)13-16)21(27)25-7-6-15-2-1-3-20(18(15)14-25)24-8-10-28-11-9-24/h1-5,12-13H,6-11,14H2. The van der Waals surface area contributed by atoms with Crippen LogP contribution in [0.15, 0.2) is 47.1 Å². The van der Waals surface area contributed by atoms with Gasteiger partial charge in [-0.3, -0.25) is 4.79 Å². The second-order valence-electron chi connectivity index (χ2n) is 7.24. The lowest BCUT2D eigenvalue weighted by atomic mass is 9.97. The van der Waals surface area contributed by atoms with E-state index in [0.717, 1.165) is 49.3 Å². The molecule has 1 fully saturated rings. The van der Waals surface area contributed by atoms with Crippen LogP contribution in [0.1, 0.15) is 21.6 Å². The van der Waals surface area contributed by atoms with E-state index < -0.39 is 0 Å². The molecule has 5 rings (SSSR count). The summed E-state index contributed by atoms with van der Waals surface area (Å²) < 4.78 is 8.18. The smallest absolute Gasteiger partial charge is 0.274 e. The normalized spacial score (nSPS) is 17.0. The zero-order valence-corrected chi connectivity index (χ0v) is 17.1. The Kier molecular flexibility index (Phi) is 4.56. The number of amides is 1. The molecule has 0 aliphatic carbocycles. The SMILES string of the molecule is O=C(c1cc2ccc(Br)cn2n1)N1CCc2cccc(N3CCOCC3)c2C1. The van der Waals surface area contributed by atoms with Gasteiger partial charge in [0.15, 0.2) is 5.69 Å². The number of aromatic nitrogens is 2. The number of pyridine rings is 1. The van der Waals surface area contributed by atoms with Crippen LogP contribution >= 0.6 is 15.9 Å². The van der Waals surface area contributed by atoms with Gasteiger partial charge in [-0.05, 0) is 57.7 Å². The lowest BCUT2D eigenvalue weighted by Gasteiger charge is -2.35. The zero-order chi connectivity index (χ0) is 19.1. The summed E-state index contributed by atoms with van der Waals surface area (Å²) in [7, 11) is 0. The van der Waals surface area contributed by atoms with Crippen LogP contribution in [0.5, 0.6) is 0 Å². The number of fused-ring (bicyclic) bond motifs is 2. The van der Waals surface area contributed by atoms with E-state index in [9.17, 15) is 4.79 Å². The second-order valence-corrected chi connectivity index (χ2v) is 8.15. The summed E-state index contributed by atoms with van der Waals surface area (Å²) in [5.41, 5.74) is 5.24. The third-order valence-electron chi connectivity index (χ3n) is 5.53. The summed E-state index contributed by atoms with van der Waals surface area (Å²) in [4.78, 5) is 17.4. The van der Waals surface area contributed by atoms with Crippen molar-refractivity contribution in [2.24, 2.45) is 0 Å². The summed E-state index contributed by atoms with van der Waals surface area (Å²) in [6.07, 6.45) is 2.74. The van der Waals surface area contributed by atoms with Crippen molar-refractivity contribution in [3.63, 3.8) is 0 Å². The first-order valence-electron chi connectivity index (χ1n) is 9.57. The van der Waals surface area contributed by atoms with Gasteiger partial charge in [0.1, 0.15) is 0 Å². The average molecular weight is 441 g/mol. The molecule has 144 valence electrons. The number of morpholine rings is 1. The number of hydrogen-bond donors (Lipinski definition) is 0. The predicted molar refractivity (Wildman–Crippen MR) is 111 cm³/mol. The first kappa shape index (κ1) is 17.7. The Morgan fingerprint density at radius 2 is 1.96 bits per heavy atom. The van der Waals surface area contributed by atoms with Crippen molar-refractivity contribution in [3.8, 4) is 0 Å². The fourth-order valence-corrected chi connectivity index (χ4v) is 4.39. The number of benzene rings is 1. The van der Waals surface area contributed by atoms with Crippen LogP contribution in [0.25, 0.3) is 5.52 Å². The monoisotopic (exact) mass is 440 g/mol. The number of halogens is 1. The minimum Gasteiger partial charge on any atom is -0.378 e. The number of hydrogen-bond acceptors (Lipinski definition) is 4. The van der Waals surface area contributed by atoms with Crippen molar-refractivity contribution in [2.45, 2.75) is 13.0 Å². The average Bonchev–Trinajstić information content (AvgIpc) is 3.16. The minimum atomic E-state index is -0.0118. The van der Waals surface area contributed by atoms with Gasteiger partial charge in [0, 0.05) is 42.5 Å². The minimum absolute atomic E-state index is 0.0118. The lowest BCUT2D eigenvalue weighted by Crippen LogP contribution is -2.40. The number of nitrogens with zero attached hydrogens (tertiary/aromatic N) is 4. The molecule has 2 aromatic heterocycles. The second kappa shape index (κ2) is 7.22. The number of rotatable bonds is 2. The highest BCUT2D eigenvalue weighted by atomic mass is 79.9. The molecule has 1 amide bonds. The highest BCUT2D eigenvalue weighted by Gasteiger charge is 2.27. The first-order chi connectivity index (χ1) is 13.7. The van der Waals surface area contributed by atoms with Crippen molar-refractivity contribution >= 4 is 33.0 Å². The van der Waals surface area contributed by atoms with E-state index >= 15 is 0 Å². The van der Waals surface area contributed by atoms with E-state index in [-0.39, 0.29) is 5.91 Å². The molecular formula is C21H21BrN4O2. The van der Waals surface area contributed by atoms with Gasteiger partial charge in [-0.1, -0.05) is 12.1 Å². The Morgan fingerprint density at radius 1 is 1.11 bits per heavy atom. The molecular weight excluding hydrogens is 420 g/mol. The van der Waals surface area contributed by atoms with E-state index in [4.69, 9.17) is 4.74 Å². The van der Waals surface area contributed by atoms with Crippen LogP contribution in [-0.4, -0.2) is 53.3 Å². The van der Waals surface area contributed by atoms with Gasteiger partial charge in [-0.15, -0.1) is 0 Å². The molecule has 7 heteroatoms. The number of anilines is 1. The van der Waals surface area contributed by atoms with E-state index in [0.29, 0.717) is 12.2 Å². The molecule has 0 atom stereocenters. The molecule has 0 saturated carbocycles. The molecule has 0 bridgehead atoms. The maximum atomic E-state index is 13.2. The topological polar surface area (TPSA) is 50.1 Å². The molecule has 28 heavy (non-hydrogen) atoms. The molecule has 2 aliphatic rings. The highest BCUT2D eigenvalue weighted by Crippen LogP contribution is 2.30. The molecule has 0 unspecified atom stereocenters. The van der Waals surface area contributed by atoms with Crippen LogP contribution in [0.4, 0.5) is 5.69 Å². The van der Waals surface area contributed by atoms with E-state index in [1.807, 2.05) is 29.3 Å². The van der Waals surface area contributed by atoms with Gasteiger partial charge in [0.05, 0.1) is 18.7 Å². The molecule has 6 nitrogen and oxygen atoms in total. The van der Waals surface area contributed by atoms with Crippen molar-refractivity contribution in [1.82, 2.24) is 14.5 Å². The summed E-state index contributed by atoms with van der Waals surface area (Å²) in [6, 6.07) is 12.2. The molecule has 1 saturated heterocycles. The van der Waals surface area contributed by atoms with Crippen molar-refractivity contribution in [1.29, 1.82) is 0 Å². The van der Waals surface area contributed by atoms with Gasteiger partial charge in [-0.2, -0.15) is 5.10 Å². The maximum Gasteiger partial charge on any atom is 0.274 e. The first-order valence-corrected chi connectivity index (χ1v) is 10.4. The number of ether oxygens (including phenoxy) is 1. The van der Waals surface area contributed by atoms with E-state index in [2.05, 4.69) is 44.1 Å². The third kappa shape index (κ3) is 3.18. The highest BCUT2D eigenvalue weighted by molar-refractivity contribution is 9.10. The summed E-state index contributed by atoms with van der Waals surface area (Å²) in [5, 5.41) is 4.49. The van der Waals surface area contributed by atoms with Gasteiger partial charge in [-0.25, -0.2) is 4.52 Å². The van der Waals surface area contributed by atoms with E-state index in [1.165, 1.54) is 16.8 Å². The Hall–Kier alpha value is -2.38. The zero-order valence-electron chi connectivity index (χ0n) is 15.5. The van der Waals surface area contributed by atoms with Gasteiger partial charge >= 0.3 is 0 Å². The van der Waals surface area contributed by atoms with Crippen LogP contribution < -0.4 is 4.90 Å². The molecule has 0 spiro atoms. The molecule has 0 N–H and O–H groups in total. The van der Waals surface area contributed by atoms with Crippen molar-refractivity contribution < 1.29 is 9.53 Å². The van der Waals surface area contributed by atoms with Crippen LogP contribution in [0.2, 0.25) is 0 Å². The maximum absolute atomic E-state index is 13.2. The quantitative estimate of drug-likeness (QED) is 0.614. The summed E-state index contributed by atoms with van der Waals surface area (Å²) >= 11 is 3.45. The van der Waals surface area contributed by atoms with Gasteiger partial charge < -0.3 is 14.5 Å². The van der Waals surface area contributed by atoms with Crippen molar-refractivity contribution in [3.05, 3.63) is 63.9 Å². The van der Waals surface area contributed by atoms with Crippen molar-refractivity contribution in [2.75, 3.05) is 37.7 Å². The number of carbonyl (C=O) groups is 1. The Labute approximate surface area is 171 Å². The molecule has 1 aromatic carbocycles. The Balaban J connectivity index is 1.43. The molecule has 2 aliphatic heterocycles. The largest absolute Gasteiger partial charge is 0.378 e. The Bertz CT molecular complexity index is 1040. The van der Waals surface area contributed by atoms with Gasteiger partial charge in [0.25, 0.3) is 5.91 Å². The van der Waals surface area contributed by atoms with Gasteiger partial charge in [0.2, 0.25) is 0 Å². The van der Waals surface area contributed by atoms with Crippen LogP contribution in [0, 0.1) is 0 Å². The summed E-state index contributed by atoms with van der Waals surface area (Å²) in [6.45, 7) is 4.64. The fraction of sp³-hybridized carbons (Fsp3) is 0.333. The summed E-state index contributed by atoms with van der Waals surface area (Å²) in [5.74, 6) is -0.0118. The molecule has 4 heterocycles.